The van der Waals surface area contributed by atoms with Crippen LogP contribution in [0.15, 0.2) is 24.3 Å². The Labute approximate surface area is 141 Å². The molecule has 0 atom stereocenters. The molecule has 2 rings (SSSR count). The quantitative estimate of drug-likeness (QED) is 0.855. The zero-order chi connectivity index (χ0) is 18.0. The number of ether oxygens (including phenoxy) is 1. The first-order valence-electron chi connectivity index (χ1n) is 8.24. The Morgan fingerprint density at radius 2 is 1.88 bits per heavy atom. The van der Waals surface area contributed by atoms with Gasteiger partial charge in [-0.05, 0) is 51.3 Å². The van der Waals surface area contributed by atoms with E-state index in [1.165, 1.54) is 0 Å². The normalized spacial score (nSPS) is 19.6. The van der Waals surface area contributed by atoms with Crippen molar-refractivity contribution in [3.8, 4) is 0 Å². The topological polar surface area (TPSA) is 64.3 Å². The van der Waals surface area contributed by atoms with Crippen LogP contribution in [0.3, 0.4) is 0 Å². The Hall–Kier alpha value is -1.69. The van der Waals surface area contributed by atoms with Crippen LogP contribution in [-0.2, 0) is 10.2 Å². The molecule has 1 aromatic carbocycles. The zero-order valence-corrected chi connectivity index (χ0v) is 14.5. The van der Waals surface area contributed by atoms with Gasteiger partial charge in [-0.2, -0.15) is 0 Å². The van der Waals surface area contributed by atoms with E-state index in [1.807, 2.05) is 6.07 Å². The van der Waals surface area contributed by atoms with Crippen LogP contribution >= 0.6 is 0 Å². The van der Waals surface area contributed by atoms with Gasteiger partial charge in [0.05, 0.1) is 0 Å². The van der Waals surface area contributed by atoms with E-state index in [9.17, 15) is 13.6 Å². The van der Waals surface area contributed by atoms with Crippen molar-refractivity contribution in [1.82, 2.24) is 0 Å². The standard InChI is InChI=1S/C18H26F2N2O2/c1-16(2,3)24-15(23)22-14-6-4-5-13(11-14)17(12-21)7-9-18(19,20)10-8-17/h4-6,11H,7-10,12,21H2,1-3H3,(H,22,23). The molecule has 0 radical (unpaired) electrons. The molecule has 1 fully saturated rings. The molecule has 0 aliphatic heterocycles. The highest BCUT2D eigenvalue weighted by molar-refractivity contribution is 5.85. The van der Waals surface area contributed by atoms with E-state index in [1.54, 1.807) is 39.0 Å². The van der Waals surface area contributed by atoms with Gasteiger partial charge in [0.1, 0.15) is 5.60 Å². The number of nitrogens with two attached hydrogens (primary N) is 1. The van der Waals surface area contributed by atoms with E-state index < -0.39 is 23.0 Å². The maximum Gasteiger partial charge on any atom is 0.412 e. The number of nitrogens with one attached hydrogen (secondary N) is 1. The van der Waals surface area contributed by atoms with Crippen molar-refractivity contribution >= 4 is 11.8 Å². The predicted molar refractivity (Wildman–Crippen MR) is 90.4 cm³/mol. The fourth-order valence-corrected chi connectivity index (χ4v) is 3.05. The molecule has 4 nitrogen and oxygen atoms in total. The number of carbonyl (C=O) groups is 1. The van der Waals surface area contributed by atoms with Crippen molar-refractivity contribution in [2.24, 2.45) is 5.73 Å². The lowest BCUT2D eigenvalue weighted by Crippen LogP contribution is -2.42. The summed E-state index contributed by atoms with van der Waals surface area (Å²) in [6.45, 7) is 5.66. The Kier molecular flexibility index (Phi) is 5.18. The molecule has 0 saturated heterocycles. The summed E-state index contributed by atoms with van der Waals surface area (Å²) in [5.41, 5.74) is 6.34. The Morgan fingerprint density at radius 3 is 2.42 bits per heavy atom. The van der Waals surface area contributed by atoms with E-state index in [0.29, 0.717) is 25.1 Å². The second-order valence-electron chi connectivity index (χ2n) is 7.55. The van der Waals surface area contributed by atoms with E-state index in [4.69, 9.17) is 10.5 Å². The van der Waals surface area contributed by atoms with Crippen molar-refractivity contribution in [2.75, 3.05) is 11.9 Å². The van der Waals surface area contributed by atoms with Crippen molar-refractivity contribution < 1.29 is 18.3 Å². The lowest BCUT2D eigenvalue weighted by molar-refractivity contribution is -0.0509. The minimum atomic E-state index is -2.61. The summed E-state index contributed by atoms with van der Waals surface area (Å²) in [7, 11) is 0. The van der Waals surface area contributed by atoms with E-state index >= 15 is 0 Å². The molecule has 0 bridgehead atoms. The number of rotatable bonds is 3. The number of hydrogen-bond acceptors (Lipinski definition) is 3. The molecule has 1 aliphatic carbocycles. The lowest BCUT2D eigenvalue weighted by Gasteiger charge is -2.40. The zero-order valence-electron chi connectivity index (χ0n) is 14.5. The molecule has 134 valence electrons. The number of carbonyl (C=O) groups excluding carboxylic acids is 1. The molecule has 1 saturated carbocycles. The molecule has 24 heavy (non-hydrogen) atoms. The molecule has 6 heteroatoms. The molecule has 1 amide bonds. The van der Waals surface area contributed by atoms with E-state index in [0.717, 1.165) is 5.56 Å². The van der Waals surface area contributed by atoms with Crippen LogP contribution in [0.1, 0.15) is 52.0 Å². The van der Waals surface area contributed by atoms with Crippen molar-refractivity contribution in [2.45, 2.75) is 63.4 Å². The SMILES string of the molecule is CC(C)(C)OC(=O)Nc1cccc(C2(CN)CCC(F)(F)CC2)c1. The predicted octanol–water partition coefficient (Wildman–Crippen LogP) is 4.44. The number of alkyl halides is 2. The fourth-order valence-electron chi connectivity index (χ4n) is 3.05. The lowest BCUT2D eigenvalue weighted by atomic mass is 9.68. The summed E-state index contributed by atoms with van der Waals surface area (Å²) >= 11 is 0. The molecule has 0 aromatic heterocycles. The van der Waals surface area contributed by atoms with Gasteiger partial charge in [0.25, 0.3) is 0 Å². The monoisotopic (exact) mass is 340 g/mol. The highest BCUT2D eigenvalue weighted by Gasteiger charge is 2.43. The van der Waals surface area contributed by atoms with Gasteiger partial charge in [0.2, 0.25) is 5.92 Å². The summed E-state index contributed by atoms with van der Waals surface area (Å²) in [5, 5.41) is 2.69. The highest BCUT2D eigenvalue weighted by Crippen LogP contribution is 2.45. The highest BCUT2D eigenvalue weighted by atomic mass is 19.3. The van der Waals surface area contributed by atoms with Crippen LogP contribution in [0.25, 0.3) is 0 Å². The van der Waals surface area contributed by atoms with E-state index in [-0.39, 0.29) is 12.8 Å². The maximum absolute atomic E-state index is 13.5. The van der Waals surface area contributed by atoms with Gasteiger partial charge in [-0.3, -0.25) is 5.32 Å². The maximum atomic E-state index is 13.5. The van der Waals surface area contributed by atoms with Crippen LogP contribution in [0, 0.1) is 0 Å². The Morgan fingerprint density at radius 1 is 1.25 bits per heavy atom. The summed E-state index contributed by atoms with van der Waals surface area (Å²) in [5.74, 6) is -2.61. The van der Waals surface area contributed by atoms with Crippen LogP contribution in [0.5, 0.6) is 0 Å². The van der Waals surface area contributed by atoms with E-state index in [2.05, 4.69) is 5.32 Å². The molecule has 0 unspecified atom stereocenters. The van der Waals surface area contributed by atoms with Gasteiger partial charge in [0.15, 0.2) is 0 Å². The molecular formula is C18H26F2N2O2. The number of hydrogen-bond donors (Lipinski definition) is 2. The third-order valence-electron chi connectivity index (χ3n) is 4.45. The van der Waals surface area contributed by atoms with Gasteiger partial charge < -0.3 is 10.5 Å². The molecule has 3 N–H and O–H groups in total. The summed E-state index contributed by atoms with van der Waals surface area (Å²) < 4.78 is 32.2. The van der Waals surface area contributed by atoms with Gasteiger partial charge in [0, 0.05) is 30.5 Å². The summed E-state index contributed by atoms with van der Waals surface area (Å²) in [6.07, 6.45) is -0.183. The number of amides is 1. The molecule has 0 spiro atoms. The average Bonchev–Trinajstić information content (AvgIpc) is 2.46. The van der Waals surface area contributed by atoms with Crippen LogP contribution in [0.4, 0.5) is 19.3 Å². The third kappa shape index (κ3) is 4.66. The Balaban J connectivity index is 2.16. The third-order valence-corrected chi connectivity index (χ3v) is 4.45. The Bertz CT molecular complexity index is 587. The first kappa shape index (κ1) is 18.6. The van der Waals surface area contributed by atoms with Crippen molar-refractivity contribution in [1.29, 1.82) is 0 Å². The minimum Gasteiger partial charge on any atom is -0.444 e. The van der Waals surface area contributed by atoms with Crippen molar-refractivity contribution in [3.05, 3.63) is 29.8 Å². The molecule has 0 heterocycles. The largest absolute Gasteiger partial charge is 0.444 e. The van der Waals surface area contributed by atoms with Gasteiger partial charge in [-0.1, -0.05) is 12.1 Å². The fraction of sp³-hybridized carbons (Fsp3) is 0.611. The summed E-state index contributed by atoms with van der Waals surface area (Å²) in [6, 6.07) is 7.23. The van der Waals surface area contributed by atoms with Gasteiger partial charge in [-0.25, -0.2) is 13.6 Å². The van der Waals surface area contributed by atoms with Gasteiger partial charge >= 0.3 is 6.09 Å². The molecule has 1 aliphatic rings. The van der Waals surface area contributed by atoms with Crippen LogP contribution in [0.2, 0.25) is 0 Å². The number of benzene rings is 1. The van der Waals surface area contributed by atoms with Crippen LogP contribution in [-0.4, -0.2) is 24.2 Å². The number of halogens is 2. The first-order chi connectivity index (χ1) is 11.1. The minimum absolute atomic E-state index is 0.159. The number of anilines is 1. The van der Waals surface area contributed by atoms with Gasteiger partial charge in [-0.15, -0.1) is 0 Å². The average molecular weight is 340 g/mol. The van der Waals surface area contributed by atoms with Crippen LogP contribution < -0.4 is 11.1 Å². The first-order valence-corrected chi connectivity index (χ1v) is 8.24. The second kappa shape index (κ2) is 6.67. The summed E-state index contributed by atoms with van der Waals surface area (Å²) in [4.78, 5) is 11.9. The molecular weight excluding hydrogens is 314 g/mol. The smallest absolute Gasteiger partial charge is 0.412 e. The second-order valence-corrected chi connectivity index (χ2v) is 7.55. The molecule has 1 aromatic rings. The van der Waals surface area contributed by atoms with Crippen molar-refractivity contribution in [3.63, 3.8) is 0 Å².